The number of likely N-dealkylation sites (tertiary alicyclic amines) is 2. The fourth-order valence-corrected chi connectivity index (χ4v) is 4.17. The normalized spacial score (nSPS) is 17.9. The van der Waals surface area contributed by atoms with Crippen LogP contribution in [-0.4, -0.2) is 48.2 Å². The average molecular weight is 411 g/mol. The Hall–Kier alpha value is -2.76. The van der Waals surface area contributed by atoms with Crippen molar-refractivity contribution in [1.29, 1.82) is 0 Å². The highest BCUT2D eigenvalue weighted by atomic mass is 16.6. The van der Waals surface area contributed by atoms with Crippen LogP contribution in [0.2, 0.25) is 0 Å². The lowest BCUT2D eigenvalue weighted by Crippen LogP contribution is -2.34. The van der Waals surface area contributed by atoms with Crippen LogP contribution in [-0.2, 0) is 0 Å². The van der Waals surface area contributed by atoms with Crippen LogP contribution in [0.1, 0.15) is 51.4 Å². The number of carbonyl (C=O) groups is 2. The zero-order valence-electron chi connectivity index (χ0n) is 17.5. The third-order valence-electron chi connectivity index (χ3n) is 5.92. The maximum Gasteiger partial charge on any atom is 0.415 e. The first-order chi connectivity index (χ1) is 14.7. The SMILES string of the molecule is O=C(Oc1ccc2ccc(OC(=O)N3CCCCCC3)cc2c1)N1CCCCCC1. The minimum atomic E-state index is -0.292. The number of nitrogens with zero attached hydrogens (tertiary/aromatic N) is 2. The molecule has 4 rings (SSSR count). The van der Waals surface area contributed by atoms with E-state index in [1.807, 2.05) is 24.3 Å². The third-order valence-corrected chi connectivity index (χ3v) is 5.92. The van der Waals surface area contributed by atoms with Crippen LogP contribution in [0.5, 0.6) is 11.5 Å². The minimum absolute atomic E-state index is 0.292. The van der Waals surface area contributed by atoms with Gasteiger partial charge in [0.25, 0.3) is 0 Å². The largest absolute Gasteiger partial charge is 0.415 e. The van der Waals surface area contributed by atoms with Crippen LogP contribution in [0, 0.1) is 0 Å². The third kappa shape index (κ3) is 5.23. The first-order valence-corrected chi connectivity index (χ1v) is 11.2. The number of fused-ring (bicyclic) bond motifs is 1. The van der Waals surface area contributed by atoms with Crippen molar-refractivity contribution in [1.82, 2.24) is 9.80 Å². The molecule has 0 radical (unpaired) electrons. The summed E-state index contributed by atoms with van der Waals surface area (Å²) < 4.78 is 11.2. The van der Waals surface area contributed by atoms with E-state index in [0.29, 0.717) is 11.5 Å². The van der Waals surface area contributed by atoms with E-state index in [-0.39, 0.29) is 12.2 Å². The Balaban J connectivity index is 1.44. The van der Waals surface area contributed by atoms with Crippen LogP contribution in [0.4, 0.5) is 9.59 Å². The van der Waals surface area contributed by atoms with Gasteiger partial charge in [-0.2, -0.15) is 0 Å². The molecule has 2 fully saturated rings. The summed E-state index contributed by atoms with van der Waals surface area (Å²) in [4.78, 5) is 28.6. The molecule has 0 N–H and O–H groups in total. The number of ether oxygens (including phenoxy) is 2. The second-order valence-electron chi connectivity index (χ2n) is 8.21. The fraction of sp³-hybridized carbons (Fsp3) is 0.500. The maximum atomic E-state index is 12.5. The molecule has 2 aliphatic heterocycles. The summed E-state index contributed by atoms with van der Waals surface area (Å²) in [5.74, 6) is 1.01. The van der Waals surface area contributed by atoms with Crippen molar-refractivity contribution in [3.63, 3.8) is 0 Å². The van der Waals surface area contributed by atoms with Gasteiger partial charge < -0.3 is 19.3 Å². The summed E-state index contributed by atoms with van der Waals surface area (Å²) in [6, 6.07) is 11.1. The summed E-state index contributed by atoms with van der Waals surface area (Å²) in [5, 5.41) is 1.87. The van der Waals surface area contributed by atoms with Crippen LogP contribution in [0.25, 0.3) is 10.8 Å². The molecule has 0 saturated carbocycles. The monoisotopic (exact) mass is 410 g/mol. The molecule has 0 spiro atoms. The van der Waals surface area contributed by atoms with Crippen molar-refractivity contribution in [3.8, 4) is 11.5 Å². The first kappa shape index (κ1) is 20.5. The van der Waals surface area contributed by atoms with E-state index in [4.69, 9.17) is 9.47 Å². The molecule has 2 heterocycles. The van der Waals surface area contributed by atoms with E-state index in [1.54, 1.807) is 21.9 Å². The summed E-state index contributed by atoms with van der Waals surface area (Å²) in [6.45, 7) is 3.01. The number of amides is 2. The zero-order valence-corrected chi connectivity index (χ0v) is 17.5. The number of hydrogen-bond donors (Lipinski definition) is 0. The highest BCUT2D eigenvalue weighted by Crippen LogP contribution is 2.26. The van der Waals surface area contributed by atoms with E-state index in [0.717, 1.165) is 62.6 Å². The Morgan fingerprint density at radius 1 is 0.567 bits per heavy atom. The van der Waals surface area contributed by atoms with Crippen LogP contribution in [0.3, 0.4) is 0 Å². The van der Waals surface area contributed by atoms with E-state index in [2.05, 4.69) is 0 Å². The molecule has 160 valence electrons. The molecular weight excluding hydrogens is 380 g/mol. The quantitative estimate of drug-likeness (QED) is 0.648. The predicted octanol–water partition coefficient (Wildman–Crippen LogP) is 5.59. The molecule has 0 aromatic heterocycles. The molecule has 6 nitrogen and oxygen atoms in total. The van der Waals surface area contributed by atoms with Gasteiger partial charge in [-0.15, -0.1) is 0 Å². The van der Waals surface area contributed by atoms with Gasteiger partial charge >= 0.3 is 12.2 Å². The van der Waals surface area contributed by atoms with E-state index in [1.165, 1.54) is 25.7 Å². The van der Waals surface area contributed by atoms with Crippen LogP contribution in [0.15, 0.2) is 36.4 Å². The zero-order chi connectivity index (χ0) is 20.8. The van der Waals surface area contributed by atoms with Crippen molar-refractivity contribution >= 4 is 23.0 Å². The van der Waals surface area contributed by atoms with Gasteiger partial charge in [0, 0.05) is 26.2 Å². The van der Waals surface area contributed by atoms with Gasteiger partial charge in [0.2, 0.25) is 0 Å². The average Bonchev–Trinajstić information content (AvgIpc) is 3.19. The summed E-state index contributed by atoms with van der Waals surface area (Å²) in [7, 11) is 0. The van der Waals surface area contributed by atoms with Crippen LogP contribution >= 0.6 is 0 Å². The lowest BCUT2D eigenvalue weighted by atomic mass is 10.1. The van der Waals surface area contributed by atoms with Crippen molar-refractivity contribution in [3.05, 3.63) is 36.4 Å². The number of carbonyl (C=O) groups excluding carboxylic acids is 2. The standard InChI is InChI=1S/C24H30N2O4/c27-23(25-13-5-1-2-6-14-25)29-21-11-9-19-10-12-22(18-20(19)17-21)30-24(28)26-15-7-3-4-8-16-26/h9-12,17-18H,1-8,13-16H2. The van der Waals surface area contributed by atoms with Crippen LogP contribution < -0.4 is 9.47 Å². The molecule has 2 amide bonds. The van der Waals surface area contributed by atoms with Crippen molar-refractivity contribution < 1.29 is 19.1 Å². The second-order valence-corrected chi connectivity index (χ2v) is 8.21. The van der Waals surface area contributed by atoms with Crippen molar-refractivity contribution in [2.75, 3.05) is 26.2 Å². The second kappa shape index (κ2) is 9.83. The smallest absolute Gasteiger partial charge is 0.410 e. The van der Waals surface area contributed by atoms with Gasteiger partial charge in [-0.05, 0) is 60.7 Å². The molecule has 2 aromatic rings. The van der Waals surface area contributed by atoms with Gasteiger partial charge in [0.05, 0.1) is 0 Å². The predicted molar refractivity (Wildman–Crippen MR) is 116 cm³/mol. The van der Waals surface area contributed by atoms with Gasteiger partial charge in [-0.3, -0.25) is 0 Å². The first-order valence-electron chi connectivity index (χ1n) is 11.2. The Morgan fingerprint density at radius 2 is 0.967 bits per heavy atom. The lowest BCUT2D eigenvalue weighted by Gasteiger charge is -2.20. The highest BCUT2D eigenvalue weighted by Gasteiger charge is 2.19. The van der Waals surface area contributed by atoms with E-state index >= 15 is 0 Å². The van der Waals surface area contributed by atoms with Gasteiger partial charge in [-0.1, -0.05) is 37.8 Å². The molecular formula is C24H30N2O4. The topological polar surface area (TPSA) is 59.1 Å². The molecule has 6 heteroatoms. The number of benzene rings is 2. The summed E-state index contributed by atoms with van der Waals surface area (Å²) in [5.41, 5.74) is 0. The molecule has 30 heavy (non-hydrogen) atoms. The molecule has 2 saturated heterocycles. The maximum absolute atomic E-state index is 12.5. The molecule has 2 aliphatic rings. The fourth-order valence-electron chi connectivity index (χ4n) is 4.17. The molecule has 2 aromatic carbocycles. The van der Waals surface area contributed by atoms with Crippen molar-refractivity contribution in [2.24, 2.45) is 0 Å². The minimum Gasteiger partial charge on any atom is -0.410 e. The molecule has 0 aliphatic carbocycles. The number of hydrogen-bond acceptors (Lipinski definition) is 4. The molecule has 0 bridgehead atoms. The highest BCUT2D eigenvalue weighted by molar-refractivity contribution is 5.86. The molecule has 0 unspecified atom stereocenters. The van der Waals surface area contributed by atoms with E-state index in [9.17, 15) is 9.59 Å². The van der Waals surface area contributed by atoms with Gasteiger partial charge in [0.15, 0.2) is 0 Å². The van der Waals surface area contributed by atoms with E-state index < -0.39 is 0 Å². The van der Waals surface area contributed by atoms with Crippen molar-refractivity contribution in [2.45, 2.75) is 51.4 Å². The van der Waals surface area contributed by atoms with Gasteiger partial charge in [0.1, 0.15) is 11.5 Å². The molecule has 0 atom stereocenters. The Morgan fingerprint density at radius 3 is 1.37 bits per heavy atom. The Bertz CT molecular complexity index is 813. The Kier molecular flexibility index (Phi) is 6.72. The summed E-state index contributed by atoms with van der Waals surface area (Å²) in [6.07, 6.45) is 8.18. The Labute approximate surface area is 177 Å². The van der Waals surface area contributed by atoms with Gasteiger partial charge in [-0.25, -0.2) is 9.59 Å². The lowest BCUT2D eigenvalue weighted by molar-refractivity contribution is 0.153. The summed E-state index contributed by atoms with van der Waals surface area (Å²) >= 11 is 0. The number of rotatable bonds is 2.